The Balaban J connectivity index is 0.00000182. The Labute approximate surface area is 152 Å². The maximum absolute atomic E-state index is 12.1. The normalized spacial score (nSPS) is 13.6. The number of hydrogen-bond acceptors (Lipinski definition) is 4. The molecule has 4 rings (SSSR count). The van der Waals surface area contributed by atoms with Crippen molar-refractivity contribution in [3.63, 3.8) is 0 Å². The van der Waals surface area contributed by atoms with Crippen LogP contribution < -0.4 is 15.4 Å². The van der Waals surface area contributed by atoms with Crippen molar-refractivity contribution in [3.8, 4) is 5.75 Å². The van der Waals surface area contributed by atoms with E-state index in [9.17, 15) is 4.79 Å². The monoisotopic (exact) mass is 360 g/mol. The highest BCUT2D eigenvalue weighted by atomic mass is 35.5. The zero-order valence-corrected chi connectivity index (χ0v) is 14.8. The molecule has 25 heavy (non-hydrogen) atoms. The number of benzene rings is 2. The molecule has 2 aromatic carbocycles. The van der Waals surface area contributed by atoms with Gasteiger partial charge in [0.15, 0.2) is 0 Å². The molecular weight excluding hydrogens is 340 g/mol. The van der Waals surface area contributed by atoms with Crippen molar-refractivity contribution in [2.75, 3.05) is 25.5 Å². The van der Waals surface area contributed by atoms with Crippen molar-refractivity contribution in [2.24, 2.45) is 5.92 Å². The van der Waals surface area contributed by atoms with Gasteiger partial charge in [-0.15, -0.1) is 12.4 Å². The van der Waals surface area contributed by atoms with E-state index in [1.165, 1.54) is 12.8 Å². The number of methoxy groups -OCH3 is 1. The molecule has 1 aliphatic rings. The number of fused-ring (bicyclic) bond motifs is 3. The largest absolute Gasteiger partial charge is 0.495 e. The fourth-order valence-electron chi connectivity index (χ4n) is 2.92. The van der Waals surface area contributed by atoms with Crippen LogP contribution in [0.15, 0.2) is 40.8 Å². The Morgan fingerprint density at radius 3 is 2.76 bits per heavy atom. The summed E-state index contributed by atoms with van der Waals surface area (Å²) in [5.41, 5.74) is 2.18. The van der Waals surface area contributed by atoms with Crippen LogP contribution >= 0.6 is 12.4 Å². The van der Waals surface area contributed by atoms with Gasteiger partial charge in [-0.1, -0.05) is 18.2 Å². The molecule has 1 fully saturated rings. The van der Waals surface area contributed by atoms with Crippen LogP contribution in [0.3, 0.4) is 0 Å². The number of ether oxygens (including phenoxy) is 1. The molecular formula is C19H21ClN2O3. The lowest BCUT2D eigenvalue weighted by Crippen LogP contribution is -2.29. The Bertz CT molecular complexity index is 902. The molecule has 0 aliphatic heterocycles. The zero-order valence-electron chi connectivity index (χ0n) is 14.0. The predicted molar refractivity (Wildman–Crippen MR) is 102 cm³/mol. The van der Waals surface area contributed by atoms with E-state index in [2.05, 4.69) is 10.6 Å². The molecule has 1 aliphatic carbocycles. The number of para-hydroxylation sites is 1. The van der Waals surface area contributed by atoms with Crippen LogP contribution in [-0.2, 0) is 4.79 Å². The van der Waals surface area contributed by atoms with Gasteiger partial charge in [0, 0.05) is 16.8 Å². The third-order valence-electron chi connectivity index (χ3n) is 4.39. The van der Waals surface area contributed by atoms with Gasteiger partial charge >= 0.3 is 0 Å². The number of rotatable bonds is 6. The molecule has 0 spiro atoms. The molecule has 0 bridgehead atoms. The molecule has 0 unspecified atom stereocenters. The molecule has 3 aromatic rings. The number of anilines is 1. The second-order valence-electron chi connectivity index (χ2n) is 6.27. The fourth-order valence-corrected chi connectivity index (χ4v) is 2.92. The fraction of sp³-hybridized carbons (Fsp3) is 0.316. The van der Waals surface area contributed by atoms with E-state index >= 15 is 0 Å². The van der Waals surface area contributed by atoms with Crippen LogP contribution in [0, 0.1) is 5.92 Å². The summed E-state index contributed by atoms with van der Waals surface area (Å²) >= 11 is 0. The maximum Gasteiger partial charge on any atom is 0.238 e. The van der Waals surface area contributed by atoms with E-state index in [4.69, 9.17) is 9.15 Å². The minimum Gasteiger partial charge on any atom is -0.495 e. The van der Waals surface area contributed by atoms with Crippen LogP contribution in [0.2, 0.25) is 0 Å². The summed E-state index contributed by atoms with van der Waals surface area (Å²) in [7, 11) is 1.60. The second-order valence-corrected chi connectivity index (χ2v) is 6.27. The summed E-state index contributed by atoms with van der Waals surface area (Å²) in [4.78, 5) is 12.1. The molecule has 6 heteroatoms. The first-order valence-electron chi connectivity index (χ1n) is 8.24. The SMILES string of the molecule is COc1cc2c(cc1NC(=O)CNCC1CC1)oc1ccccc12.Cl. The zero-order chi connectivity index (χ0) is 16.5. The molecule has 132 valence electrons. The number of furan rings is 1. The molecule has 0 atom stereocenters. The van der Waals surface area contributed by atoms with E-state index in [1.807, 2.05) is 36.4 Å². The Hall–Kier alpha value is -2.24. The van der Waals surface area contributed by atoms with Gasteiger partial charge in [-0.2, -0.15) is 0 Å². The van der Waals surface area contributed by atoms with E-state index < -0.39 is 0 Å². The maximum atomic E-state index is 12.1. The summed E-state index contributed by atoms with van der Waals surface area (Å²) < 4.78 is 11.3. The van der Waals surface area contributed by atoms with Crippen LogP contribution in [-0.4, -0.2) is 26.1 Å². The number of carbonyl (C=O) groups is 1. The van der Waals surface area contributed by atoms with Gasteiger partial charge in [-0.05, 0) is 37.4 Å². The lowest BCUT2D eigenvalue weighted by Gasteiger charge is -2.10. The molecule has 2 N–H and O–H groups in total. The third-order valence-corrected chi connectivity index (χ3v) is 4.39. The lowest BCUT2D eigenvalue weighted by molar-refractivity contribution is -0.115. The second kappa shape index (κ2) is 7.33. The summed E-state index contributed by atoms with van der Waals surface area (Å²) in [6.45, 7) is 1.21. The highest BCUT2D eigenvalue weighted by Gasteiger charge is 2.21. The number of amides is 1. The van der Waals surface area contributed by atoms with Crippen molar-refractivity contribution in [2.45, 2.75) is 12.8 Å². The smallest absolute Gasteiger partial charge is 0.238 e. The first-order chi connectivity index (χ1) is 11.7. The van der Waals surface area contributed by atoms with Crippen molar-refractivity contribution >= 4 is 45.9 Å². The van der Waals surface area contributed by atoms with Gasteiger partial charge in [-0.3, -0.25) is 4.79 Å². The number of nitrogens with one attached hydrogen (secondary N) is 2. The summed E-state index contributed by atoms with van der Waals surface area (Å²) in [6.07, 6.45) is 2.54. The first-order valence-corrected chi connectivity index (χ1v) is 8.24. The highest BCUT2D eigenvalue weighted by molar-refractivity contribution is 6.07. The van der Waals surface area contributed by atoms with E-state index in [0.29, 0.717) is 18.0 Å². The average molecular weight is 361 g/mol. The minimum atomic E-state index is -0.0792. The van der Waals surface area contributed by atoms with Crippen molar-refractivity contribution in [1.82, 2.24) is 5.32 Å². The van der Waals surface area contributed by atoms with E-state index in [1.54, 1.807) is 7.11 Å². The van der Waals surface area contributed by atoms with E-state index in [0.717, 1.165) is 34.4 Å². The van der Waals surface area contributed by atoms with Gasteiger partial charge in [0.2, 0.25) is 5.91 Å². The third kappa shape index (κ3) is 3.72. The van der Waals surface area contributed by atoms with Crippen LogP contribution in [0.5, 0.6) is 5.75 Å². The molecule has 1 saturated carbocycles. The summed E-state index contributed by atoms with van der Waals surface area (Å²) in [5.74, 6) is 1.30. The highest BCUT2D eigenvalue weighted by Crippen LogP contribution is 2.36. The molecule has 1 heterocycles. The van der Waals surface area contributed by atoms with Crippen LogP contribution in [0.4, 0.5) is 5.69 Å². The van der Waals surface area contributed by atoms with Gasteiger partial charge < -0.3 is 19.8 Å². The number of halogens is 1. The molecule has 1 aromatic heterocycles. The topological polar surface area (TPSA) is 63.5 Å². The first kappa shape index (κ1) is 17.6. The van der Waals surface area contributed by atoms with Crippen LogP contribution in [0.1, 0.15) is 12.8 Å². The van der Waals surface area contributed by atoms with E-state index in [-0.39, 0.29) is 18.3 Å². The lowest BCUT2D eigenvalue weighted by atomic mass is 10.1. The quantitative estimate of drug-likeness (QED) is 0.698. The summed E-state index contributed by atoms with van der Waals surface area (Å²) in [5, 5.41) is 8.11. The summed E-state index contributed by atoms with van der Waals surface area (Å²) in [6, 6.07) is 11.6. The molecule has 5 nitrogen and oxygen atoms in total. The van der Waals surface area contributed by atoms with Gasteiger partial charge in [-0.25, -0.2) is 0 Å². The Kier molecular flexibility index (Phi) is 5.16. The minimum absolute atomic E-state index is 0. The van der Waals surface area contributed by atoms with Gasteiger partial charge in [0.05, 0.1) is 19.3 Å². The van der Waals surface area contributed by atoms with Gasteiger partial charge in [0.25, 0.3) is 0 Å². The van der Waals surface area contributed by atoms with Gasteiger partial charge in [0.1, 0.15) is 16.9 Å². The number of hydrogen-bond donors (Lipinski definition) is 2. The molecule has 1 amide bonds. The van der Waals surface area contributed by atoms with Crippen molar-refractivity contribution in [3.05, 3.63) is 36.4 Å². The number of carbonyl (C=O) groups excluding carboxylic acids is 1. The average Bonchev–Trinajstić information content (AvgIpc) is 3.34. The van der Waals surface area contributed by atoms with Crippen LogP contribution in [0.25, 0.3) is 21.9 Å². The van der Waals surface area contributed by atoms with Crippen molar-refractivity contribution in [1.29, 1.82) is 0 Å². The standard InChI is InChI=1S/C19H20N2O3.ClH/c1-23-18-8-14-13-4-2-3-5-16(13)24-17(14)9-15(18)21-19(22)11-20-10-12-6-7-12;/h2-5,8-9,12,20H,6-7,10-11H2,1H3,(H,21,22);1H. The predicted octanol–water partition coefficient (Wildman–Crippen LogP) is 3.95. The Morgan fingerprint density at radius 2 is 2.00 bits per heavy atom. The molecule has 0 radical (unpaired) electrons. The molecule has 0 saturated heterocycles. The van der Waals surface area contributed by atoms with Crippen molar-refractivity contribution < 1.29 is 13.9 Å². The Morgan fingerprint density at radius 1 is 1.20 bits per heavy atom.